The van der Waals surface area contributed by atoms with E-state index >= 15 is 0 Å². The van der Waals surface area contributed by atoms with Gasteiger partial charge in [-0.25, -0.2) is 13.8 Å². The van der Waals surface area contributed by atoms with Gasteiger partial charge in [0, 0.05) is 24.4 Å². The lowest BCUT2D eigenvalue weighted by molar-refractivity contribution is -0.122. The van der Waals surface area contributed by atoms with Crippen molar-refractivity contribution in [2.45, 2.75) is 25.9 Å². The van der Waals surface area contributed by atoms with Crippen LogP contribution in [0.15, 0.2) is 36.5 Å². The van der Waals surface area contributed by atoms with Crippen molar-refractivity contribution >= 4 is 5.91 Å². The second-order valence-electron chi connectivity index (χ2n) is 4.88. The molecule has 1 heterocycles. The van der Waals surface area contributed by atoms with E-state index in [1.807, 2.05) is 0 Å². The number of hydrogen-bond acceptors (Lipinski definition) is 4. The number of hydrogen-bond donors (Lipinski definition) is 2. The molecule has 1 aromatic heterocycles. The topological polar surface area (TPSA) is 77.2 Å². The molecule has 0 aliphatic heterocycles. The van der Waals surface area contributed by atoms with Gasteiger partial charge in [-0.3, -0.25) is 4.79 Å². The Morgan fingerprint density at radius 1 is 1.39 bits per heavy atom. The van der Waals surface area contributed by atoms with Gasteiger partial charge in [0.15, 0.2) is 11.6 Å². The Bertz CT molecular complexity index is 695. The maximum atomic E-state index is 13.7. The van der Waals surface area contributed by atoms with Crippen LogP contribution in [-0.4, -0.2) is 16.9 Å². The lowest BCUT2D eigenvalue weighted by Gasteiger charge is -2.13. The molecule has 1 aromatic carbocycles. The monoisotopic (exact) mass is 321 g/mol. The molecule has 0 radical (unpaired) electrons. The van der Waals surface area contributed by atoms with E-state index < -0.39 is 17.7 Å². The Hall–Kier alpha value is -2.54. The molecule has 1 amide bonds. The van der Waals surface area contributed by atoms with E-state index in [2.05, 4.69) is 10.3 Å². The van der Waals surface area contributed by atoms with Crippen LogP contribution in [0, 0.1) is 11.6 Å². The highest BCUT2D eigenvalue weighted by Gasteiger charge is 2.14. The number of amides is 1. The van der Waals surface area contributed by atoms with E-state index in [9.17, 15) is 13.6 Å². The number of halogens is 2. The molecule has 0 bridgehead atoms. The summed E-state index contributed by atoms with van der Waals surface area (Å²) >= 11 is 0. The normalized spacial score (nSPS) is 11.8. The van der Waals surface area contributed by atoms with E-state index in [0.29, 0.717) is 12.0 Å². The minimum absolute atomic E-state index is 0.128. The van der Waals surface area contributed by atoms with Gasteiger partial charge in [-0.2, -0.15) is 0 Å². The van der Waals surface area contributed by atoms with Crippen molar-refractivity contribution in [1.82, 2.24) is 10.3 Å². The van der Waals surface area contributed by atoms with E-state index in [-0.39, 0.29) is 24.1 Å². The van der Waals surface area contributed by atoms with Gasteiger partial charge in [0.2, 0.25) is 11.8 Å². The van der Waals surface area contributed by atoms with Crippen LogP contribution in [0.5, 0.6) is 11.6 Å². The molecule has 1 atom stereocenters. The summed E-state index contributed by atoms with van der Waals surface area (Å²) in [5, 5.41) is 2.66. The second-order valence-corrected chi connectivity index (χ2v) is 4.88. The molecule has 0 saturated heterocycles. The molecule has 0 unspecified atom stereocenters. The zero-order valence-corrected chi connectivity index (χ0v) is 12.6. The van der Waals surface area contributed by atoms with Crippen LogP contribution in [0.4, 0.5) is 8.78 Å². The highest BCUT2D eigenvalue weighted by Crippen LogP contribution is 2.25. The highest BCUT2D eigenvalue weighted by atomic mass is 19.1. The maximum absolute atomic E-state index is 13.7. The van der Waals surface area contributed by atoms with E-state index in [1.165, 1.54) is 12.3 Å². The Kier molecular flexibility index (Phi) is 5.59. The number of aromatic nitrogens is 1. The Morgan fingerprint density at radius 3 is 2.87 bits per heavy atom. The lowest BCUT2D eigenvalue weighted by Crippen LogP contribution is -2.39. The maximum Gasteiger partial charge on any atom is 0.237 e. The van der Waals surface area contributed by atoms with Crippen LogP contribution in [-0.2, 0) is 11.3 Å². The summed E-state index contributed by atoms with van der Waals surface area (Å²) in [5.74, 6) is -1.85. The van der Waals surface area contributed by atoms with Crippen LogP contribution in [0.3, 0.4) is 0 Å². The number of ether oxygens (including phenoxy) is 1. The van der Waals surface area contributed by atoms with Crippen LogP contribution >= 0.6 is 0 Å². The summed E-state index contributed by atoms with van der Waals surface area (Å²) in [5.41, 5.74) is 6.18. The average molecular weight is 321 g/mol. The largest absolute Gasteiger partial charge is 0.436 e. The van der Waals surface area contributed by atoms with Gasteiger partial charge in [0.25, 0.3) is 0 Å². The molecule has 5 nitrogen and oxygen atoms in total. The predicted molar refractivity (Wildman–Crippen MR) is 80.8 cm³/mol. The average Bonchev–Trinajstić information content (AvgIpc) is 2.55. The summed E-state index contributed by atoms with van der Waals surface area (Å²) in [6, 6.07) is 5.74. The van der Waals surface area contributed by atoms with Crippen molar-refractivity contribution < 1.29 is 18.3 Å². The number of rotatable bonds is 6. The van der Waals surface area contributed by atoms with Gasteiger partial charge in [-0.15, -0.1) is 0 Å². The van der Waals surface area contributed by atoms with Crippen molar-refractivity contribution in [3.8, 4) is 11.6 Å². The van der Waals surface area contributed by atoms with Gasteiger partial charge in [-0.1, -0.05) is 13.0 Å². The Balaban J connectivity index is 2.12. The Morgan fingerprint density at radius 2 is 2.17 bits per heavy atom. The fourth-order valence-corrected chi connectivity index (χ4v) is 1.81. The Labute approximate surface area is 132 Å². The predicted octanol–water partition coefficient (Wildman–Crippen LogP) is 2.51. The fourth-order valence-electron chi connectivity index (χ4n) is 1.81. The SMILES string of the molecule is CC[C@H](N)C(=O)NCc1cccnc1Oc1ccc(F)cc1F. The van der Waals surface area contributed by atoms with Crippen LogP contribution < -0.4 is 15.8 Å². The number of nitrogens with zero attached hydrogens (tertiary/aromatic N) is 1. The molecule has 0 spiro atoms. The molecule has 3 N–H and O–H groups in total. The number of benzene rings is 1. The fraction of sp³-hybridized carbons (Fsp3) is 0.250. The third-order valence-corrected chi connectivity index (χ3v) is 3.18. The summed E-state index contributed by atoms with van der Waals surface area (Å²) in [7, 11) is 0. The second kappa shape index (κ2) is 7.64. The van der Waals surface area contributed by atoms with Crippen molar-refractivity contribution in [3.63, 3.8) is 0 Å². The molecule has 122 valence electrons. The molecular weight excluding hydrogens is 304 g/mol. The molecule has 0 aliphatic carbocycles. The molecule has 0 fully saturated rings. The number of carbonyl (C=O) groups is 1. The van der Waals surface area contributed by atoms with Gasteiger partial charge < -0.3 is 15.8 Å². The standard InChI is InChI=1S/C16H17F2N3O2/c1-2-13(19)15(22)21-9-10-4-3-7-20-16(10)23-14-6-5-11(17)8-12(14)18/h3-8,13H,2,9,19H2,1H3,(H,21,22)/t13-/m0/s1. The summed E-state index contributed by atoms with van der Waals surface area (Å²) in [4.78, 5) is 15.7. The molecule has 23 heavy (non-hydrogen) atoms. The minimum Gasteiger partial charge on any atom is -0.436 e. The van der Waals surface area contributed by atoms with Gasteiger partial charge >= 0.3 is 0 Å². The first-order valence-corrected chi connectivity index (χ1v) is 7.11. The first-order chi connectivity index (χ1) is 11.0. The first-order valence-electron chi connectivity index (χ1n) is 7.11. The summed E-state index contributed by atoms with van der Waals surface area (Å²) in [6.45, 7) is 1.94. The molecular formula is C16H17F2N3O2. The van der Waals surface area contributed by atoms with Gasteiger partial charge in [0.1, 0.15) is 5.82 Å². The van der Waals surface area contributed by atoms with E-state index in [4.69, 9.17) is 10.5 Å². The van der Waals surface area contributed by atoms with Crippen LogP contribution in [0.25, 0.3) is 0 Å². The molecule has 0 saturated carbocycles. The number of nitrogens with two attached hydrogens (primary N) is 1. The van der Waals surface area contributed by atoms with Crippen LogP contribution in [0.2, 0.25) is 0 Å². The van der Waals surface area contributed by atoms with E-state index in [1.54, 1.807) is 19.1 Å². The molecule has 7 heteroatoms. The van der Waals surface area contributed by atoms with Crippen molar-refractivity contribution in [2.75, 3.05) is 0 Å². The zero-order chi connectivity index (χ0) is 16.8. The minimum atomic E-state index is -0.835. The summed E-state index contributed by atoms with van der Waals surface area (Å²) in [6.07, 6.45) is 1.99. The van der Waals surface area contributed by atoms with Crippen molar-refractivity contribution in [1.29, 1.82) is 0 Å². The van der Waals surface area contributed by atoms with Crippen molar-refractivity contribution in [3.05, 3.63) is 53.7 Å². The number of nitrogens with one attached hydrogen (secondary N) is 1. The van der Waals surface area contributed by atoms with Crippen LogP contribution in [0.1, 0.15) is 18.9 Å². The molecule has 2 rings (SSSR count). The van der Waals surface area contributed by atoms with Gasteiger partial charge in [-0.05, 0) is 24.6 Å². The molecule has 0 aliphatic rings. The third kappa shape index (κ3) is 4.46. The quantitative estimate of drug-likeness (QED) is 0.857. The number of pyridine rings is 1. The third-order valence-electron chi connectivity index (χ3n) is 3.18. The first kappa shape index (κ1) is 16.8. The smallest absolute Gasteiger partial charge is 0.237 e. The number of carbonyl (C=O) groups excluding carboxylic acids is 1. The lowest BCUT2D eigenvalue weighted by atomic mass is 10.2. The molecule has 2 aromatic rings. The van der Waals surface area contributed by atoms with E-state index in [0.717, 1.165) is 12.1 Å². The summed E-state index contributed by atoms with van der Waals surface area (Å²) < 4.78 is 31.9. The zero-order valence-electron chi connectivity index (χ0n) is 12.6. The van der Waals surface area contributed by atoms with Gasteiger partial charge in [0.05, 0.1) is 6.04 Å². The van der Waals surface area contributed by atoms with Crippen molar-refractivity contribution in [2.24, 2.45) is 5.73 Å². The highest BCUT2D eigenvalue weighted by molar-refractivity contribution is 5.81.